The van der Waals surface area contributed by atoms with Crippen LogP contribution in [0.5, 0.6) is 0 Å². The summed E-state index contributed by atoms with van der Waals surface area (Å²) < 4.78 is 4.89. The number of rotatable bonds is 1. The first-order valence-electron chi connectivity index (χ1n) is 2.85. The van der Waals surface area contributed by atoms with Crippen LogP contribution in [0.2, 0.25) is 0 Å². The summed E-state index contributed by atoms with van der Waals surface area (Å²) in [5.41, 5.74) is 5.60. The quantitative estimate of drug-likeness (QED) is 0.613. The largest absolute Gasteiger partial charge is 0.438 e. The zero-order chi connectivity index (χ0) is 7.72. The van der Waals surface area contributed by atoms with Gasteiger partial charge >= 0.3 is 5.91 Å². The van der Waals surface area contributed by atoms with E-state index < -0.39 is 5.91 Å². The minimum atomic E-state index is -0.629. The third kappa shape index (κ3) is 1.00. The average Bonchev–Trinajstić information content (AvgIpc) is 2.13. The summed E-state index contributed by atoms with van der Waals surface area (Å²) >= 11 is 0. The molecule has 0 aliphatic rings. The number of carbonyl (C=O) groups excluding carboxylic acids is 1. The van der Waals surface area contributed by atoms with Gasteiger partial charge in [0, 0.05) is 0 Å². The van der Waals surface area contributed by atoms with Gasteiger partial charge in [0.1, 0.15) is 5.76 Å². The fourth-order valence-corrected chi connectivity index (χ4v) is 0.578. The first-order chi connectivity index (χ1) is 4.61. The minimum Gasteiger partial charge on any atom is -0.438 e. The fourth-order valence-electron chi connectivity index (χ4n) is 0.578. The molecule has 0 aliphatic heterocycles. The maximum Gasteiger partial charge on any atom is 0.304 e. The summed E-state index contributed by atoms with van der Waals surface area (Å²) in [7, 11) is 0. The van der Waals surface area contributed by atoms with Crippen LogP contribution in [0.1, 0.15) is 22.1 Å². The maximum atomic E-state index is 10.4. The fraction of sp³-hybridized carbons (Fsp3) is 0.333. The number of aryl methyl sites for hydroxylation is 2. The number of carbonyl (C=O) groups is 1. The molecular weight excluding hydrogens is 132 g/mol. The van der Waals surface area contributed by atoms with Crippen LogP contribution in [0.3, 0.4) is 0 Å². The molecule has 4 heteroatoms. The van der Waals surface area contributed by atoms with E-state index in [4.69, 9.17) is 10.2 Å². The second-order valence-electron chi connectivity index (χ2n) is 2.02. The molecule has 4 nitrogen and oxygen atoms in total. The summed E-state index contributed by atoms with van der Waals surface area (Å²) in [5, 5.41) is 0. The summed E-state index contributed by atoms with van der Waals surface area (Å²) in [6.45, 7) is 3.49. The monoisotopic (exact) mass is 140 g/mol. The molecule has 0 atom stereocenters. The Morgan fingerprint density at radius 2 is 2.20 bits per heavy atom. The van der Waals surface area contributed by atoms with Crippen LogP contribution in [0.25, 0.3) is 0 Å². The van der Waals surface area contributed by atoms with E-state index in [2.05, 4.69) is 4.98 Å². The molecule has 0 aromatic carbocycles. The highest BCUT2D eigenvalue weighted by atomic mass is 16.4. The van der Waals surface area contributed by atoms with Crippen LogP contribution >= 0.6 is 0 Å². The van der Waals surface area contributed by atoms with Crippen molar-refractivity contribution in [1.82, 2.24) is 4.98 Å². The number of nitrogens with zero attached hydrogens (tertiary/aromatic N) is 1. The number of primary amides is 1. The van der Waals surface area contributed by atoms with Gasteiger partial charge in [-0.2, -0.15) is 0 Å². The van der Waals surface area contributed by atoms with Gasteiger partial charge in [0.2, 0.25) is 0 Å². The number of amides is 1. The van der Waals surface area contributed by atoms with Crippen LogP contribution in [0, 0.1) is 13.8 Å². The van der Waals surface area contributed by atoms with Crippen molar-refractivity contribution in [2.45, 2.75) is 13.8 Å². The molecule has 0 spiro atoms. The molecule has 0 saturated carbocycles. The van der Waals surface area contributed by atoms with Gasteiger partial charge < -0.3 is 10.2 Å². The minimum absolute atomic E-state index is 0.0185. The summed E-state index contributed by atoms with van der Waals surface area (Å²) in [6.07, 6.45) is 0. The molecule has 0 aliphatic carbocycles. The van der Waals surface area contributed by atoms with E-state index >= 15 is 0 Å². The van der Waals surface area contributed by atoms with Crippen LogP contribution in [-0.2, 0) is 0 Å². The van der Waals surface area contributed by atoms with Crippen molar-refractivity contribution >= 4 is 5.91 Å². The molecule has 10 heavy (non-hydrogen) atoms. The lowest BCUT2D eigenvalue weighted by Gasteiger charge is -1.81. The van der Waals surface area contributed by atoms with E-state index in [1.54, 1.807) is 13.8 Å². The molecule has 1 rings (SSSR count). The number of hydrogen-bond donors (Lipinski definition) is 1. The lowest BCUT2D eigenvalue weighted by Crippen LogP contribution is -2.10. The van der Waals surface area contributed by atoms with Crippen molar-refractivity contribution in [2.75, 3.05) is 0 Å². The Morgan fingerprint density at radius 1 is 1.60 bits per heavy atom. The van der Waals surface area contributed by atoms with E-state index in [0.29, 0.717) is 11.5 Å². The summed E-state index contributed by atoms with van der Waals surface area (Å²) in [5.74, 6) is -0.0139. The first kappa shape index (κ1) is 6.80. The zero-order valence-corrected chi connectivity index (χ0v) is 5.84. The average molecular weight is 140 g/mol. The molecule has 2 N–H and O–H groups in total. The predicted octanol–water partition coefficient (Wildman–Crippen LogP) is 0.390. The molecule has 1 aromatic heterocycles. The van der Waals surface area contributed by atoms with E-state index in [-0.39, 0.29) is 5.89 Å². The Labute approximate surface area is 58.0 Å². The highest BCUT2D eigenvalue weighted by Gasteiger charge is 2.09. The van der Waals surface area contributed by atoms with Gasteiger partial charge in [-0.1, -0.05) is 0 Å². The van der Waals surface area contributed by atoms with Crippen LogP contribution in [-0.4, -0.2) is 10.9 Å². The molecule has 1 aromatic rings. The molecule has 0 bridgehead atoms. The van der Waals surface area contributed by atoms with Gasteiger partial charge in [-0.05, 0) is 13.8 Å². The lowest BCUT2D eigenvalue weighted by molar-refractivity contribution is 0.0966. The Kier molecular flexibility index (Phi) is 1.45. The van der Waals surface area contributed by atoms with Gasteiger partial charge in [-0.3, -0.25) is 4.79 Å². The maximum absolute atomic E-state index is 10.4. The number of hydrogen-bond acceptors (Lipinski definition) is 3. The Balaban J connectivity index is 3.10. The number of oxazole rings is 1. The highest BCUT2D eigenvalue weighted by Crippen LogP contribution is 2.06. The van der Waals surface area contributed by atoms with Crippen molar-refractivity contribution in [1.29, 1.82) is 0 Å². The molecular formula is C6H8N2O2. The molecule has 0 fully saturated rings. The molecule has 1 heterocycles. The van der Waals surface area contributed by atoms with Crippen molar-refractivity contribution in [3.63, 3.8) is 0 Å². The van der Waals surface area contributed by atoms with Crippen LogP contribution < -0.4 is 5.73 Å². The molecule has 0 saturated heterocycles. The van der Waals surface area contributed by atoms with Crippen LogP contribution in [0.15, 0.2) is 4.42 Å². The zero-order valence-electron chi connectivity index (χ0n) is 5.84. The van der Waals surface area contributed by atoms with Crippen molar-refractivity contribution in [3.8, 4) is 0 Å². The number of aromatic nitrogens is 1. The second kappa shape index (κ2) is 2.13. The van der Waals surface area contributed by atoms with Gasteiger partial charge in [0.25, 0.3) is 5.89 Å². The number of nitrogens with two attached hydrogens (primary N) is 1. The predicted molar refractivity (Wildman–Crippen MR) is 34.5 cm³/mol. The Hall–Kier alpha value is -1.32. The van der Waals surface area contributed by atoms with Crippen molar-refractivity contribution < 1.29 is 9.21 Å². The van der Waals surface area contributed by atoms with E-state index in [1.807, 2.05) is 0 Å². The van der Waals surface area contributed by atoms with E-state index in [0.717, 1.165) is 0 Å². The van der Waals surface area contributed by atoms with E-state index in [1.165, 1.54) is 0 Å². The summed E-state index contributed by atoms with van der Waals surface area (Å²) in [6, 6.07) is 0. The van der Waals surface area contributed by atoms with Gasteiger partial charge in [-0.15, -0.1) is 0 Å². The van der Waals surface area contributed by atoms with Crippen molar-refractivity contribution in [2.24, 2.45) is 5.73 Å². The highest BCUT2D eigenvalue weighted by molar-refractivity contribution is 5.87. The normalized spacial score (nSPS) is 9.80. The molecule has 1 amide bonds. The molecule has 0 unspecified atom stereocenters. The topological polar surface area (TPSA) is 69.1 Å². The third-order valence-electron chi connectivity index (χ3n) is 1.24. The SMILES string of the molecule is Cc1nc(C(N)=O)oc1C. The Morgan fingerprint density at radius 3 is 2.40 bits per heavy atom. The molecule has 0 radical (unpaired) electrons. The standard InChI is InChI=1S/C6H8N2O2/c1-3-4(2)10-6(8-3)5(7)9/h1-2H3,(H2,7,9). The van der Waals surface area contributed by atoms with E-state index in [9.17, 15) is 4.79 Å². The summed E-state index contributed by atoms with van der Waals surface area (Å²) in [4.78, 5) is 14.2. The van der Waals surface area contributed by atoms with Crippen molar-refractivity contribution in [3.05, 3.63) is 17.3 Å². The first-order valence-corrected chi connectivity index (χ1v) is 2.85. The second-order valence-corrected chi connectivity index (χ2v) is 2.02. The van der Waals surface area contributed by atoms with Crippen LogP contribution in [0.4, 0.5) is 0 Å². The Bertz CT molecular complexity index is 245. The third-order valence-corrected chi connectivity index (χ3v) is 1.24. The van der Waals surface area contributed by atoms with Gasteiger partial charge in [-0.25, -0.2) is 4.98 Å². The molecule has 54 valence electrons. The van der Waals surface area contributed by atoms with Gasteiger partial charge in [0.15, 0.2) is 0 Å². The lowest BCUT2D eigenvalue weighted by atomic mass is 10.4. The smallest absolute Gasteiger partial charge is 0.304 e. The van der Waals surface area contributed by atoms with Gasteiger partial charge in [0.05, 0.1) is 5.69 Å².